The van der Waals surface area contributed by atoms with Crippen LogP contribution in [0.1, 0.15) is 49.0 Å². The highest BCUT2D eigenvalue weighted by atomic mass is 35.5. The van der Waals surface area contributed by atoms with Crippen molar-refractivity contribution in [1.29, 1.82) is 0 Å². The molecule has 1 heterocycles. The first-order valence-corrected chi connectivity index (χ1v) is 10.1. The molecule has 4 bridgehead atoms. The van der Waals surface area contributed by atoms with Crippen LogP contribution in [0.5, 0.6) is 0 Å². The van der Waals surface area contributed by atoms with E-state index in [4.69, 9.17) is 16.3 Å². The van der Waals surface area contributed by atoms with Crippen molar-refractivity contribution in [3.05, 3.63) is 29.0 Å². The average molecular weight is 406 g/mol. The average Bonchev–Trinajstić information content (AvgIpc) is 2.63. The minimum Gasteiger partial charge on any atom is -0.454 e. The summed E-state index contributed by atoms with van der Waals surface area (Å²) >= 11 is 5.81. The molecule has 0 atom stereocenters. The Morgan fingerprint density at radius 3 is 2.39 bits per heavy atom. The quantitative estimate of drug-likeness (QED) is 0.706. The topological polar surface area (TPSA) is 97.4 Å². The summed E-state index contributed by atoms with van der Waals surface area (Å²) in [5.41, 5.74) is 0.00454. The number of ether oxygens (including phenoxy) is 1. The first-order valence-electron chi connectivity index (χ1n) is 9.77. The van der Waals surface area contributed by atoms with Gasteiger partial charge in [0, 0.05) is 16.8 Å². The summed E-state index contributed by atoms with van der Waals surface area (Å²) in [5, 5.41) is 5.94. The van der Waals surface area contributed by atoms with E-state index in [2.05, 4.69) is 15.6 Å². The monoisotopic (exact) mass is 405 g/mol. The maximum Gasteiger partial charge on any atom is 0.325 e. The molecule has 4 aliphatic carbocycles. The van der Waals surface area contributed by atoms with Crippen LogP contribution in [0.2, 0.25) is 5.02 Å². The molecule has 1 aromatic rings. The standard InChI is InChI=1S/C20H24ClN3O4/c21-15-1-2-22-16(6-15)19(27)23-10-18(26)28-11-17(25)24-20-7-12-3-13(8-20)5-14(4-12)9-20/h1-2,6,12-14H,3-5,7-11H2,(H,23,27)(H,24,25). The molecule has 5 rings (SSSR count). The smallest absolute Gasteiger partial charge is 0.325 e. The summed E-state index contributed by atoms with van der Waals surface area (Å²) in [6.07, 6.45) is 8.43. The number of rotatable bonds is 6. The van der Waals surface area contributed by atoms with Gasteiger partial charge in [-0.1, -0.05) is 11.6 Å². The minimum absolute atomic E-state index is 0.106. The van der Waals surface area contributed by atoms with Crippen LogP contribution in [-0.4, -0.2) is 41.5 Å². The number of hydrogen-bond donors (Lipinski definition) is 2. The molecule has 2 N–H and O–H groups in total. The summed E-state index contributed by atoms with van der Waals surface area (Å²) in [6.45, 7) is -0.663. The number of nitrogens with zero attached hydrogens (tertiary/aromatic N) is 1. The molecule has 0 aromatic carbocycles. The molecular weight excluding hydrogens is 382 g/mol. The summed E-state index contributed by atoms with van der Waals surface area (Å²) in [5.74, 6) is 0.713. The van der Waals surface area contributed by atoms with Gasteiger partial charge in [-0.05, 0) is 68.4 Å². The van der Waals surface area contributed by atoms with E-state index < -0.39 is 11.9 Å². The van der Waals surface area contributed by atoms with Gasteiger partial charge < -0.3 is 15.4 Å². The number of carbonyl (C=O) groups excluding carboxylic acids is 3. The molecule has 28 heavy (non-hydrogen) atoms. The number of amides is 2. The van der Waals surface area contributed by atoms with Crippen LogP contribution in [0.3, 0.4) is 0 Å². The van der Waals surface area contributed by atoms with Crippen molar-refractivity contribution < 1.29 is 19.1 Å². The van der Waals surface area contributed by atoms with Crippen LogP contribution >= 0.6 is 11.6 Å². The van der Waals surface area contributed by atoms with Crippen molar-refractivity contribution in [1.82, 2.24) is 15.6 Å². The van der Waals surface area contributed by atoms with Crippen molar-refractivity contribution in [2.24, 2.45) is 17.8 Å². The maximum absolute atomic E-state index is 12.3. The number of esters is 1. The van der Waals surface area contributed by atoms with E-state index in [1.54, 1.807) is 6.07 Å². The van der Waals surface area contributed by atoms with Crippen LogP contribution in [-0.2, 0) is 14.3 Å². The number of nitrogens with one attached hydrogen (secondary N) is 2. The van der Waals surface area contributed by atoms with Crippen molar-refractivity contribution >= 4 is 29.4 Å². The molecule has 150 valence electrons. The molecule has 0 radical (unpaired) electrons. The van der Waals surface area contributed by atoms with E-state index in [9.17, 15) is 14.4 Å². The normalized spacial score (nSPS) is 30.0. The lowest BCUT2D eigenvalue weighted by Gasteiger charge is -2.56. The highest BCUT2D eigenvalue weighted by Gasteiger charge is 2.51. The fraction of sp³-hybridized carbons (Fsp3) is 0.600. The molecule has 0 aliphatic heterocycles. The second-order valence-electron chi connectivity index (χ2n) is 8.45. The predicted molar refractivity (Wildman–Crippen MR) is 102 cm³/mol. The van der Waals surface area contributed by atoms with Crippen LogP contribution in [0.4, 0.5) is 0 Å². The van der Waals surface area contributed by atoms with Crippen molar-refractivity contribution in [3.8, 4) is 0 Å². The van der Waals surface area contributed by atoms with E-state index in [1.165, 1.54) is 31.5 Å². The van der Waals surface area contributed by atoms with Crippen molar-refractivity contribution in [3.63, 3.8) is 0 Å². The van der Waals surface area contributed by atoms with Gasteiger partial charge in [-0.25, -0.2) is 0 Å². The van der Waals surface area contributed by atoms with Crippen LogP contribution in [0.15, 0.2) is 18.3 Å². The molecule has 0 saturated heterocycles. The number of carbonyl (C=O) groups is 3. The van der Waals surface area contributed by atoms with E-state index in [0.717, 1.165) is 37.0 Å². The Morgan fingerprint density at radius 1 is 1.14 bits per heavy atom. The van der Waals surface area contributed by atoms with Crippen molar-refractivity contribution in [2.75, 3.05) is 13.2 Å². The van der Waals surface area contributed by atoms with Gasteiger partial charge in [0.25, 0.3) is 11.8 Å². The van der Waals surface area contributed by atoms with E-state index in [0.29, 0.717) is 5.02 Å². The van der Waals surface area contributed by atoms with Gasteiger partial charge in [0.2, 0.25) is 0 Å². The van der Waals surface area contributed by atoms with E-state index in [-0.39, 0.29) is 30.3 Å². The zero-order valence-corrected chi connectivity index (χ0v) is 16.3. The molecule has 7 nitrogen and oxygen atoms in total. The predicted octanol–water partition coefficient (Wildman–Crippen LogP) is 2.09. The zero-order valence-electron chi connectivity index (χ0n) is 15.6. The summed E-state index contributed by atoms with van der Waals surface area (Å²) in [6, 6.07) is 2.95. The first-order chi connectivity index (χ1) is 13.4. The van der Waals surface area contributed by atoms with E-state index in [1.807, 2.05) is 0 Å². The second-order valence-corrected chi connectivity index (χ2v) is 8.89. The maximum atomic E-state index is 12.3. The van der Waals surface area contributed by atoms with Crippen LogP contribution in [0, 0.1) is 17.8 Å². The van der Waals surface area contributed by atoms with Gasteiger partial charge in [0.15, 0.2) is 6.61 Å². The Balaban J connectivity index is 1.21. The van der Waals surface area contributed by atoms with Gasteiger partial charge in [0.05, 0.1) is 0 Å². The summed E-state index contributed by atoms with van der Waals surface area (Å²) in [7, 11) is 0. The third-order valence-corrected chi connectivity index (χ3v) is 6.39. The zero-order chi connectivity index (χ0) is 19.7. The lowest BCUT2D eigenvalue weighted by Crippen LogP contribution is -2.60. The largest absolute Gasteiger partial charge is 0.454 e. The number of aromatic nitrogens is 1. The molecule has 0 spiro atoms. The summed E-state index contributed by atoms with van der Waals surface area (Å²) < 4.78 is 5.02. The molecule has 1 aromatic heterocycles. The second kappa shape index (κ2) is 7.70. The number of pyridine rings is 1. The van der Waals surface area contributed by atoms with Gasteiger partial charge in [0.1, 0.15) is 12.2 Å². The third kappa shape index (κ3) is 4.29. The number of halogens is 1. The molecule has 4 fully saturated rings. The van der Waals surface area contributed by atoms with Gasteiger partial charge in [-0.15, -0.1) is 0 Å². The Kier molecular flexibility index (Phi) is 5.27. The molecule has 2 amide bonds. The molecule has 4 saturated carbocycles. The Morgan fingerprint density at radius 2 is 1.79 bits per heavy atom. The SMILES string of the molecule is O=C(COC(=O)CNC(=O)c1cc(Cl)ccn1)NC12CC3CC(CC(C3)C1)C2. The van der Waals surface area contributed by atoms with Gasteiger partial charge in [-0.3, -0.25) is 19.4 Å². The molecule has 4 aliphatic rings. The van der Waals surface area contributed by atoms with Crippen LogP contribution < -0.4 is 10.6 Å². The van der Waals surface area contributed by atoms with Crippen molar-refractivity contribution in [2.45, 2.75) is 44.1 Å². The Bertz CT molecular complexity index is 762. The third-order valence-electron chi connectivity index (χ3n) is 6.15. The lowest BCUT2D eigenvalue weighted by atomic mass is 9.53. The Hall–Kier alpha value is -2.15. The van der Waals surface area contributed by atoms with Gasteiger partial charge in [-0.2, -0.15) is 0 Å². The lowest BCUT2D eigenvalue weighted by molar-refractivity contribution is -0.149. The fourth-order valence-corrected chi connectivity index (χ4v) is 5.72. The molecule has 8 heteroatoms. The highest BCUT2D eigenvalue weighted by molar-refractivity contribution is 6.30. The molecule has 0 unspecified atom stereocenters. The highest BCUT2D eigenvalue weighted by Crippen LogP contribution is 2.55. The first kappa shape index (κ1) is 19.2. The van der Waals surface area contributed by atoms with Crippen LogP contribution in [0.25, 0.3) is 0 Å². The number of hydrogen-bond acceptors (Lipinski definition) is 5. The van der Waals surface area contributed by atoms with E-state index >= 15 is 0 Å². The minimum atomic E-state index is -0.670. The molecular formula is C20H24ClN3O4. The Labute approximate surface area is 168 Å². The summed E-state index contributed by atoms with van der Waals surface area (Å²) in [4.78, 5) is 40.0. The van der Waals surface area contributed by atoms with Gasteiger partial charge >= 0.3 is 5.97 Å². The fourth-order valence-electron chi connectivity index (χ4n) is 5.56.